The molecule has 0 aliphatic rings. The van der Waals surface area contributed by atoms with Gasteiger partial charge in [-0.05, 0) is 32.9 Å². The molecule has 0 fully saturated rings. The van der Waals surface area contributed by atoms with Crippen LogP contribution in [0.1, 0.15) is 32.9 Å². The predicted octanol–water partition coefficient (Wildman–Crippen LogP) is 2.97. The first-order valence-corrected chi connectivity index (χ1v) is 6.26. The van der Waals surface area contributed by atoms with E-state index in [-0.39, 0.29) is 0 Å². The molecule has 1 heterocycles. The van der Waals surface area contributed by atoms with Crippen molar-refractivity contribution in [3.05, 3.63) is 46.3 Å². The van der Waals surface area contributed by atoms with E-state index in [9.17, 15) is 4.79 Å². The lowest BCUT2D eigenvalue weighted by Gasteiger charge is -2.10. The van der Waals surface area contributed by atoms with Gasteiger partial charge in [-0.15, -0.1) is 0 Å². The number of aromatic nitrogens is 1. The number of methoxy groups -OCH3 is 1. The third-order valence-electron chi connectivity index (χ3n) is 3.09. The van der Waals surface area contributed by atoms with Crippen molar-refractivity contribution in [2.75, 3.05) is 7.11 Å². The number of nitrogens with zero attached hydrogens (tertiary/aromatic N) is 1. The van der Waals surface area contributed by atoms with Crippen molar-refractivity contribution in [2.45, 2.75) is 27.4 Å². The number of rotatable bonds is 4. The standard InChI is InChI=1S/C15H17NO4/c1-9-5-6-14(12(7-9)15(17)18-4)19-8-13-10(2)16-20-11(13)3/h5-7H,8H2,1-4H3. The monoisotopic (exact) mass is 275 g/mol. The minimum atomic E-state index is -0.414. The van der Waals surface area contributed by atoms with Gasteiger partial charge in [0.05, 0.1) is 18.4 Å². The van der Waals surface area contributed by atoms with Gasteiger partial charge in [0.25, 0.3) is 0 Å². The Labute approximate surface area is 117 Å². The number of ether oxygens (including phenoxy) is 2. The highest BCUT2D eigenvalue weighted by atomic mass is 16.5. The van der Waals surface area contributed by atoms with Crippen LogP contribution in [0.2, 0.25) is 0 Å². The van der Waals surface area contributed by atoms with Crippen LogP contribution in [-0.4, -0.2) is 18.2 Å². The van der Waals surface area contributed by atoms with Crippen molar-refractivity contribution in [2.24, 2.45) is 0 Å². The molecule has 2 aromatic rings. The van der Waals surface area contributed by atoms with Crippen molar-refractivity contribution in [3.8, 4) is 5.75 Å². The SMILES string of the molecule is COC(=O)c1cc(C)ccc1OCc1c(C)noc1C. The average molecular weight is 275 g/mol. The second-order valence-corrected chi connectivity index (χ2v) is 4.58. The summed E-state index contributed by atoms with van der Waals surface area (Å²) in [4.78, 5) is 11.7. The van der Waals surface area contributed by atoms with Gasteiger partial charge in [0.1, 0.15) is 23.7 Å². The van der Waals surface area contributed by atoms with Gasteiger partial charge in [-0.25, -0.2) is 4.79 Å². The molecule has 0 saturated heterocycles. The fourth-order valence-electron chi connectivity index (χ4n) is 1.90. The van der Waals surface area contributed by atoms with Crippen molar-refractivity contribution in [1.82, 2.24) is 5.16 Å². The van der Waals surface area contributed by atoms with Crippen LogP contribution >= 0.6 is 0 Å². The summed E-state index contributed by atoms with van der Waals surface area (Å²) in [5.74, 6) is 0.791. The Morgan fingerprint density at radius 2 is 2.05 bits per heavy atom. The zero-order valence-electron chi connectivity index (χ0n) is 12.0. The number of aryl methyl sites for hydroxylation is 3. The van der Waals surface area contributed by atoms with E-state index < -0.39 is 5.97 Å². The van der Waals surface area contributed by atoms with Crippen LogP contribution in [0.4, 0.5) is 0 Å². The molecule has 1 aromatic heterocycles. The first-order chi connectivity index (χ1) is 9.52. The molecule has 5 heteroatoms. The van der Waals surface area contributed by atoms with E-state index in [1.165, 1.54) is 7.11 Å². The highest BCUT2D eigenvalue weighted by Gasteiger charge is 2.15. The number of esters is 1. The first kappa shape index (κ1) is 14.1. The van der Waals surface area contributed by atoms with Gasteiger partial charge in [0.15, 0.2) is 0 Å². The summed E-state index contributed by atoms with van der Waals surface area (Å²) >= 11 is 0. The molecule has 5 nitrogen and oxygen atoms in total. The smallest absolute Gasteiger partial charge is 0.341 e. The molecule has 0 bridgehead atoms. The molecule has 0 N–H and O–H groups in total. The fraction of sp³-hybridized carbons (Fsp3) is 0.333. The molecule has 2 rings (SSSR count). The van der Waals surface area contributed by atoms with Gasteiger partial charge >= 0.3 is 5.97 Å². The largest absolute Gasteiger partial charge is 0.488 e. The van der Waals surface area contributed by atoms with E-state index in [1.807, 2.05) is 26.8 Å². The minimum absolute atomic E-state index is 0.300. The second kappa shape index (κ2) is 5.77. The van der Waals surface area contributed by atoms with Crippen LogP contribution in [0, 0.1) is 20.8 Å². The first-order valence-electron chi connectivity index (χ1n) is 6.26. The normalized spacial score (nSPS) is 10.4. The lowest BCUT2D eigenvalue weighted by Crippen LogP contribution is -2.07. The van der Waals surface area contributed by atoms with Crippen molar-refractivity contribution in [1.29, 1.82) is 0 Å². The van der Waals surface area contributed by atoms with Crippen LogP contribution in [0.5, 0.6) is 5.75 Å². The Hall–Kier alpha value is -2.30. The zero-order chi connectivity index (χ0) is 14.7. The van der Waals surface area contributed by atoms with Crippen LogP contribution in [-0.2, 0) is 11.3 Å². The van der Waals surface area contributed by atoms with Gasteiger partial charge in [-0.2, -0.15) is 0 Å². The van der Waals surface area contributed by atoms with Gasteiger partial charge < -0.3 is 14.0 Å². The molecule has 0 unspecified atom stereocenters. The highest BCUT2D eigenvalue weighted by molar-refractivity contribution is 5.92. The third-order valence-corrected chi connectivity index (χ3v) is 3.09. The molecule has 1 aromatic carbocycles. The number of carbonyl (C=O) groups excluding carboxylic acids is 1. The van der Waals surface area contributed by atoms with Gasteiger partial charge in [-0.3, -0.25) is 0 Å². The lowest BCUT2D eigenvalue weighted by atomic mass is 10.1. The molecule has 0 atom stereocenters. The fourth-order valence-corrected chi connectivity index (χ4v) is 1.90. The summed E-state index contributed by atoms with van der Waals surface area (Å²) in [6.07, 6.45) is 0. The molecule has 0 radical (unpaired) electrons. The molecule has 0 aliphatic heterocycles. The van der Waals surface area contributed by atoms with Gasteiger partial charge in [0.2, 0.25) is 0 Å². The number of benzene rings is 1. The Balaban J connectivity index is 2.23. The summed E-state index contributed by atoms with van der Waals surface area (Å²) in [6, 6.07) is 5.39. The molecular formula is C15H17NO4. The maximum Gasteiger partial charge on any atom is 0.341 e. The molecule has 0 saturated carbocycles. The quantitative estimate of drug-likeness (QED) is 0.803. The Kier molecular flexibility index (Phi) is 4.08. The molecule has 106 valence electrons. The summed E-state index contributed by atoms with van der Waals surface area (Å²) in [5, 5.41) is 3.87. The summed E-state index contributed by atoms with van der Waals surface area (Å²) < 4.78 is 15.6. The van der Waals surface area contributed by atoms with E-state index in [2.05, 4.69) is 5.16 Å². The molecule has 0 spiro atoms. The lowest BCUT2D eigenvalue weighted by molar-refractivity contribution is 0.0595. The number of hydrogen-bond acceptors (Lipinski definition) is 5. The summed E-state index contributed by atoms with van der Waals surface area (Å²) in [7, 11) is 1.35. The number of hydrogen-bond donors (Lipinski definition) is 0. The van der Waals surface area contributed by atoms with E-state index in [4.69, 9.17) is 14.0 Å². The Morgan fingerprint density at radius 1 is 1.30 bits per heavy atom. The topological polar surface area (TPSA) is 61.6 Å². The highest BCUT2D eigenvalue weighted by Crippen LogP contribution is 2.23. The minimum Gasteiger partial charge on any atom is -0.488 e. The maximum absolute atomic E-state index is 11.7. The summed E-state index contributed by atoms with van der Waals surface area (Å²) in [6.45, 7) is 5.89. The zero-order valence-corrected chi connectivity index (χ0v) is 12.0. The van der Waals surface area contributed by atoms with Crippen LogP contribution in [0.25, 0.3) is 0 Å². The second-order valence-electron chi connectivity index (χ2n) is 4.58. The van der Waals surface area contributed by atoms with E-state index in [0.29, 0.717) is 23.7 Å². The van der Waals surface area contributed by atoms with Crippen molar-refractivity contribution >= 4 is 5.97 Å². The van der Waals surface area contributed by atoms with Gasteiger partial charge in [0, 0.05) is 0 Å². The van der Waals surface area contributed by atoms with Crippen molar-refractivity contribution < 1.29 is 18.8 Å². The molecule has 20 heavy (non-hydrogen) atoms. The molecule has 0 amide bonds. The van der Waals surface area contributed by atoms with Crippen molar-refractivity contribution in [3.63, 3.8) is 0 Å². The van der Waals surface area contributed by atoms with Gasteiger partial charge in [-0.1, -0.05) is 16.8 Å². The summed E-state index contributed by atoms with van der Waals surface area (Å²) in [5.41, 5.74) is 3.06. The van der Waals surface area contributed by atoms with E-state index >= 15 is 0 Å². The van der Waals surface area contributed by atoms with Crippen LogP contribution in [0.3, 0.4) is 0 Å². The Morgan fingerprint density at radius 3 is 2.65 bits per heavy atom. The van der Waals surface area contributed by atoms with Crippen LogP contribution < -0.4 is 4.74 Å². The Bertz CT molecular complexity index is 611. The predicted molar refractivity (Wildman–Crippen MR) is 72.8 cm³/mol. The molecular weight excluding hydrogens is 258 g/mol. The third kappa shape index (κ3) is 2.82. The average Bonchev–Trinajstić information content (AvgIpc) is 2.76. The van der Waals surface area contributed by atoms with E-state index in [1.54, 1.807) is 12.1 Å². The molecule has 0 aliphatic carbocycles. The maximum atomic E-state index is 11.7. The number of carbonyl (C=O) groups is 1. The van der Waals surface area contributed by atoms with E-state index in [0.717, 1.165) is 16.8 Å². The van der Waals surface area contributed by atoms with Crippen LogP contribution in [0.15, 0.2) is 22.7 Å².